The van der Waals surface area contributed by atoms with Gasteiger partial charge in [-0.25, -0.2) is 0 Å². The topological polar surface area (TPSA) is 52.9 Å². The van der Waals surface area contributed by atoms with Crippen LogP contribution in [0.2, 0.25) is 0 Å². The summed E-state index contributed by atoms with van der Waals surface area (Å²) >= 11 is 0. The SMILES string of the molecule is Cc1cc(C)c(/C=C(\C#N)C(=O)Nc2ccccc2C)c(C)c1. The summed E-state index contributed by atoms with van der Waals surface area (Å²) < 4.78 is 0. The molecule has 0 heterocycles. The second-order valence-electron chi connectivity index (χ2n) is 5.75. The first-order chi connectivity index (χ1) is 10.9. The average Bonchev–Trinajstić information content (AvgIpc) is 2.48. The van der Waals surface area contributed by atoms with E-state index in [1.807, 2.05) is 70.2 Å². The summed E-state index contributed by atoms with van der Waals surface area (Å²) in [5.41, 5.74) is 5.98. The number of carbonyl (C=O) groups is 1. The van der Waals surface area contributed by atoms with Gasteiger partial charge in [0.1, 0.15) is 11.6 Å². The first-order valence-corrected chi connectivity index (χ1v) is 7.49. The molecule has 0 aliphatic rings. The van der Waals surface area contributed by atoms with Crippen LogP contribution in [-0.4, -0.2) is 5.91 Å². The van der Waals surface area contributed by atoms with Gasteiger partial charge in [-0.15, -0.1) is 0 Å². The molecule has 0 saturated carbocycles. The number of nitrogens with one attached hydrogen (secondary N) is 1. The molecule has 0 unspecified atom stereocenters. The van der Waals surface area contributed by atoms with Crippen molar-refractivity contribution in [3.63, 3.8) is 0 Å². The molecule has 1 N–H and O–H groups in total. The highest BCUT2D eigenvalue weighted by molar-refractivity contribution is 6.10. The molecule has 0 fully saturated rings. The van der Waals surface area contributed by atoms with Crippen LogP contribution in [0.1, 0.15) is 27.8 Å². The molecule has 3 heteroatoms. The average molecular weight is 304 g/mol. The first kappa shape index (κ1) is 16.5. The van der Waals surface area contributed by atoms with Gasteiger partial charge in [-0.2, -0.15) is 5.26 Å². The standard InChI is InChI=1S/C20H20N2O/c1-13-9-15(3)18(16(4)10-13)11-17(12-21)20(23)22-19-8-6-5-7-14(19)2/h5-11H,1-4H3,(H,22,23)/b17-11+. The highest BCUT2D eigenvalue weighted by atomic mass is 16.1. The lowest BCUT2D eigenvalue weighted by molar-refractivity contribution is -0.112. The zero-order chi connectivity index (χ0) is 17.0. The number of rotatable bonds is 3. The monoisotopic (exact) mass is 304 g/mol. The second-order valence-corrected chi connectivity index (χ2v) is 5.75. The molecular formula is C20H20N2O. The van der Waals surface area contributed by atoms with Crippen LogP contribution >= 0.6 is 0 Å². The Morgan fingerprint density at radius 2 is 1.65 bits per heavy atom. The minimum Gasteiger partial charge on any atom is -0.321 e. The fourth-order valence-electron chi connectivity index (χ4n) is 2.61. The lowest BCUT2D eigenvalue weighted by Crippen LogP contribution is -2.14. The van der Waals surface area contributed by atoms with E-state index in [1.165, 1.54) is 5.56 Å². The van der Waals surface area contributed by atoms with Gasteiger partial charge in [-0.05, 0) is 62.1 Å². The third kappa shape index (κ3) is 3.87. The number of hydrogen-bond donors (Lipinski definition) is 1. The minimum atomic E-state index is -0.388. The molecule has 3 nitrogen and oxygen atoms in total. The maximum atomic E-state index is 12.4. The van der Waals surface area contributed by atoms with Gasteiger partial charge >= 0.3 is 0 Å². The molecule has 2 aromatic rings. The van der Waals surface area contributed by atoms with E-state index >= 15 is 0 Å². The van der Waals surface area contributed by atoms with E-state index in [2.05, 4.69) is 5.32 Å². The van der Waals surface area contributed by atoms with Crippen molar-refractivity contribution in [2.24, 2.45) is 0 Å². The van der Waals surface area contributed by atoms with E-state index in [1.54, 1.807) is 6.08 Å². The zero-order valence-electron chi connectivity index (χ0n) is 13.9. The Morgan fingerprint density at radius 3 is 2.22 bits per heavy atom. The van der Waals surface area contributed by atoms with E-state index < -0.39 is 0 Å². The maximum Gasteiger partial charge on any atom is 0.266 e. The van der Waals surface area contributed by atoms with Gasteiger partial charge in [0, 0.05) is 5.69 Å². The van der Waals surface area contributed by atoms with E-state index in [0.29, 0.717) is 0 Å². The normalized spacial score (nSPS) is 11.0. The Balaban J connectivity index is 2.35. The van der Waals surface area contributed by atoms with Crippen molar-refractivity contribution in [2.75, 3.05) is 5.32 Å². The van der Waals surface area contributed by atoms with Gasteiger partial charge in [0.15, 0.2) is 0 Å². The molecule has 0 bridgehead atoms. The molecule has 116 valence electrons. The smallest absolute Gasteiger partial charge is 0.266 e. The summed E-state index contributed by atoms with van der Waals surface area (Å²) in [6, 6.07) is 13.6. The maximum absolute atomic E-state index is 12.4. The van der Waals surface area contributed by atoms with E-state index in [-0.39, 0.29) is 11.5 Å². The van der Waals surface area contributed by atoms with Gasteiger partial charge in [-0.1, -0.05) is 35.9 Å². The lowest BCUT2D eigenvalue weighted by atomic mass is 9.98. The number of aryl methyl sites for hydroxylation is 4. The molecule has 0 aromatic heterocycles. The van der Waals surface area contributed by atoms with E-state index in [9.17, 15) is 10.1 Å². The summed E-state index contributed by atoms with van der Waals surface area (Å²) in [6.07, 6.45) is 1.66. The molecule has 0 aliphatic heterocycles. The molecule has 0 spiro atoms. The van der Waals surface area contributed by atoms with Crippen molar-refractivity contribution in [3.8, 4) is 6.07 Å². The number of nitriles is 1. The molecule has 1 amide bonds. The number of nitrogens with zero attached hydrogens (tertiary/aromatic N) is 1. The molecule has 2 rings (SSSR count). The summed E-state index contributed by atoms with van der Waals surface area (Å²) in [5, 5.41) is 12.2. The predicted molar refractivity (Wildman–Crippen MR) is 94.1 cm³/mol. The van der Waals surface area contributed by atoms with Crippen molar-refractivity contribution < 1.29 is 4.79 Å². The van der Waals surface area contributed by atoms with Crippen LogP contribution in [0.5, 0.6) is 0 Å². The number of benzene rings is 2. The Bertz CT molecular complexity index is 803. The molecule has 0 aliphatic carbocycles. The van der Waals surface area contributed by atoms with Gasteiger partial charge in [0.05, 0.1) is 0 Å². The van der Waals surface area contributed by atoms with Crippen LogP contribution in [0, 0.1) is 39.0 Å². The van der Waals surface area contributed by atoms with Crippen molar-refractivity contribution in [3.05, 3.63) is 69.8 Å². The Morgan fingerprint density at radius 1 is 1.04 bits per heavy atom. The lowest BCUT2D eigenvalue weighted by Gasteiger charge is -2.10. The van der Waals surface area contributed by atoms with Gasteiger partial charge in [0.25, 0.3) is 5.91 Å². The zero-order valence-corrected chi connectivity index (χ0v) is 13.9. The summed E-state index contributed by atoms with van der Waals surface area (Å²) in [7, 11) is 0. The van der Waals surface area contributed by atoms with Crippen molar-refractivity contribution in [1.29, 1.82) is 5.26 Å². The summed E-state index contributed by atoms with van der Waals surface area (Å²) in [5.74, 6) is -0.388. The van der Waals surface area contributed by atoms with E-state index in [0.717, 1.165) is 27.9 Å². The third-order valence-corrected chi connectivity index (χ3v) is 3.79. The number of amides is 1. The van der Waals surface area contributed by atoms with Crippen LogP contribution in [0.4, 0.5) is 5.69 Å². The molecule has 0 atom stereocenters. The fourth-order valence-corrected chi connectivity index (χ4v) is 2.61. The minimum absolute atomic E-state index is 0.100. The first-order valence-electron chi connectivity index (χ1n) is 7.49. The largest absolute Gasteiger partial charge is 0.321 e. The predicted octanol–water partition coefficient (Wildman–Crippen LogP) is 4.47. The Hall–Kier alpha value is -2.86. The van der Waals surface area contributed by atoms with E-state index in [4.69, 9.17) is 0 Å². The van der Waals surface area contributed by atoms with Crippen LogP contribution in [0.3, 0.4) is 0 Å². The van der Waals surface area contributed by atoms with Crippen molar-refractivity contribution in [2.45, 2.75) is 27.7 Å². The van der Waals surface area contributed by atoms with Crippen LogP contribution in [0.15, 0.2) is 42.0 Å². The van der Waals surface area contributed by atoms with Crippen molar-refractivity contribution in [1.82, 2.24) is 0 Å². The molecule has 0 saturated heterocycles. The summed E-state index contributed by atoms with van der Waals surface area (Å²) in [6.45, 7) is 7.92. The van der Waals surface area contributed by atoms with Gasteiger partial charge in [0.2, 0.25) is 0 Å². The number of para-hydroxylation sites is 1. The van der Waals surface area contributed by atoms with Crippen LogP contribution in [-0.2, 0) is 4.79 Å². The molecule has 23 heavy (non-hydrogen) atoms. The molecule has 0 radical (unpaired) electrons. The highest BCUT2D eigenvalue weighted by Gasteiger charge is 2.12. The fraction of sp³-hybridized carbons (Fsp3) is 0.200. The molecule has 2 aromatic carbocycles. The third-order valence-electron chi connectivity index (χ3n) is 3.79. The molecular weight excluding hydrogens is 284 g/mol. The quantitative estimate of drug-likeness (QED) is 0.672. The van der Waals surface area contributed by atoms with Crippen molar-refractivity contribution >= 4 is 17.7 Å². The Kier molecular flexibility index (Phi) is 4.98. The highest BCUT2D eigenvalue weighted by Crippen LogP contribution is 2.20. The van der Waals surface area contributed by atoms with Gasteiger partial charge in [-0.3, -0.25) is 4.79 Å². The van der Waals surface area contributed by atoms with Gasteiger partial charge < -0.3 is 5.32 Å². The van der Waals surface area contributed by atoms with Crippen LogP contribution < -0.4 is 5.32 Å². The number of hydrogen-bond acceptors (Lipinski definition) is 2. The second kappa shape index (κ2) is 6.93. The summed E-state index contributed by atoms with van der Waals surface area (Å²) in [4.78, 5) is 12.4. The number of anilines is 1. The van der Waals surface area contributed by atoms with Crippen LogP contribution in [0.25, 0.3) is 6.08 Å². The Labute approximate surface area is 137 Å². The number of carbonyl (C=O) groups excluding carboxylic acids is 1.